The molecule has 43 heavy (non-hydrogen) atoms. The first-order valence-corrected chi connectivity index (χ1v) is 13.8. The highest BCUT2D eigenvalue weighted by Gasteiger charge is 2.30. The molecule has 5 amide bonds. The fraction of sp³-hybridized carbons (Fsp3) is 0.323. The molecule has 0 spiro atoms. The van der Waals surface area contributed by atoms with Crippen LogP contribution in [0.5, 0.6) is 11.5 Å². The summed E-state index contributed by atoms with van der Waals surface area (Å²) in [5.41, 5.74) is -0.0589. The summed E-state index contributed by atoms with van der Waals surface area (Å²) >= 11 is 0. The number of hydrogen-bond acceptors (Lipinski definition) is 7. The third-order valence-corrected chi connectivity index (χ3v) is 6.40. The lowest BCUT2D eigenvalue weighted by molar-refractivity contribution is -0.121. The molecular formula is C31H34FN5O6. The Labute approximate surface area is 248 Å². The Bertz CT molecular complexity index is 1470. The Hall–Kier alpha value is -5.00. The van der Waals surface area contributed by atoms with E-state index < -0.39 is 29.4 Å². The molecule has 2 aromatic carbocycles. The Kier molecular flexibility index (Phi) is 9.91. The van der Waals surface area contributed by atoms with Crippen molar-refractivity contribution >= 4 is 35.4 Å². The van der Waals surface area contributed by atoms with Gasteiger partial charge in [0.2, 0.25) is 11.8 Å². The van der Waals surface area contributed by atoms with Crippen LogP contribution >= 0.6 is 0 Å². The molecule has 1 aliphatic heterocycles. The van der Waals surface area contributed by atoms with E-state index in [1.54, 1.807) is 49.9 Å². The third-order valence-electron chi connectivity index (χ3n) is 6.40. The number of nitrogens with zero attached hydrogens (tertiary/aromatic N) is 2. The lowest BCUT2D eigenvalue weighted by atomic mass is 9.96. The van der Waals surface area contributed by atoms with E-state index in [9.17, 15) is 19.2 Å². The maximum atomic E-state index is 15.2. The van der Waals surface area contributed by atoms with Crippen molar-refractivity contribution in [2.75, 3.05) is 23.7 Å². The molecule has 3 aromatic rings. The van der Waals surface area contributed by atoms with Crippen LogP contribution in [0.3, 0.4) is 0 Å². The lowest BCUT2D eigenvalue weighted by Crippen LogP contribution is -2.43. The number of nitrogens with one attached hydrogen (secondary N) is 3. The second-order valence-electron chi connectivity index (χ2n) is 11.0. The molecule has 0 atom stereocenters. The van der Waals surface area contributed by atoms with Crippen molar-refractivity contribution in [3.63, 3.8) is 0 Å². The number of carbonyl (C=O) groups excluding carboxylic acids is 4. The normalized spacial score (nSPS) is 13.5. The van der Waals surface area contributed by atoms with Gasteiger partial charge in [-0.05, 0) is 57.4 Å². The molecular weight excluding hydrogens is 557 g/mol. The highest BCUT2D eigenvalue weighted by Crippen LogP contribution is 2.30. The van der Waals surface area contributed by atoms with Crippen LogP contribution in [0.15, 0.2) is 66.9 Å². The van der Waals surface area contributed by atoms with Crippen molar-refractivity contribution in [1.82, 2.24) is 15.2 Å². The predicted octanol–water partition coefficient (Wildman–Crippen LogP) is 5.49. The van der Waals surface area contributed by atoms with Gasteiger partial charge < -0.3 is 25.0 Å². The molecule has 4 rings (SSSR count). The molecule has 0 unspecified atom stereocenters. The predicted molar refractivity (Wildman–Crippen MR) is 157 cm³/mol. The molecule has 11 nitrogen and oxygen atoms in total. The van der Waals surface area contributed by atoms with E-state index in [2.05, 4.69) is 20.9 Å². The zero-order valence-corrected chi connectivity index (χ0v) is 24.2. The van der Waals surface area contributed by atoms with E-state index in [1.165, 1.54) is 36.5 Å². The Morgan fingerprint density at radius 2 is 1.70 bits per heavy atom. The minimum atomic E-state index is -0.886. The molecule has 3 N–H and O–H groups in total. The van der Waals surface area contributed by atoms with Crippen molar-refractivity contribution in [1.29, 1.82) is 0 Å². The second kappa shape index (κ2) is 13.8. The highest BCUT2D eigenvalue weighted by atomic mass is 19.1. The standard InChI is InChI=1S/C31H34FN5O6/c1-31(2,3)43-30(41)37-16-13-21(14-17-37)28(39)35-25-19-22(12-15-33-25)42-24-11-7-10-23(27(24)32)34-29(40)36-26(38)18-20-8-5-4-6-9-20/h4-12,15,19,21H,13-14,16-18H2,1-3H3,(H,33,35,39)(H2,34,36,38,40). The van der Waals surface area contributed by atoms with E-state index in [0.717, 1.165) is 5.56 Å². The quantitative estimate of drug-likeness (QED) is 0.330. The highest BCUT2D eigenvalue weighted by molar-refractivity contribution is 6.01. The number of halogens is 1. The number of anilines is 2. The fourth-order valence-electron chi connectivity index (χ4n) is 4.34. The summed E-state index contributed by atoms with van der Waals surface area (Å²) in [5.74, 6) is -1.75. The Balaban J connectivity index is 1.30. The van der Waals surface area contributed by atoms with E-state index in [0.29, 0.717) is 25.9 Å². The zero-order chi connectivity index (χ0) is 31.0. The smallest absolute Gasteiger partial charge is 0.410 e. The Morgan fingerprint density at radius 3 is 2.40 bits per heavy atom. The van der Waals surface area contributed by atoms with Crippen LogP contribution in [0.25, 0.3) is 0 Å². The molecule has 226 valence electrons. The number of urea groups is 1. The van der Waals surface area contributed by atoms with Gasteiger partial charge in [0.05, 0.1) is 12.1 Å². The van der Waals surface area contributed by atoms with Crippen molar-refractivity contribution in [2.24, 2.45) is 5.92 Å². The largest absolute Gasteiger partial charge is 0.454 e. The summed E-state index contributed by atoms with van der Waals surface area (Å²) in [4.78, 5) is 55.3. The average molecular weight is 592 g/mol. The number of piperidine rings is 1. The van der Waals surface area contributed by atoms with Crippen molar-refractivity contribution in [3.8, 4) is 11.5 Å². The molecule has 1 saturated heterocycles. The number of benzene rings is 2. The van der Waals surface area contributed by atoms with Gasteiger partial charge in [-0.2, -0.15) is 0 Å². The van der Waals surface area contributed by atoms with Crippen LogP contribution in [-0.2, 0) is 20.7 Å². The maximum Gasteiger partial charge on any atom is 0.410 e. The van der Waals surface area contributed by atoms with Gasteiger partial charge in [0, 0.05) is 31.3 Å². The molecule has 1 aromatic heterocycles. The van der Waals surface area contributed by atoms with Crippen molar-refractivity contribution in [3.05, 3.63) is 78.2 Å². The van der Waals surface area contributed by atoms with Crippen LogP contribution in [-0.4, -0.2) is 52.5 Å². The molecule has 1 fully saturated rings. The van der Waals surface area contributed by atoms with Gasteiger partial charge in [-0.1, -0.05) is 36.4 Å². The number of rotatable bonds is 7. The molecule has 0 radical (unpaired) electrons. The topological polar surface area (TPSA) is 139 Å². The first-order chi connectivity index (χ1) is 20.5. The minimum Gasteiger partial charge on any atom is -0.454 e. The fourth-order valence-corrected chi connectivity index (χ4v) is 4.34. The number of ether oxygens (including phenoxy) is 2. The maximum absolute atomic E-state index is 15.2. The first kappa shape index (κ1) is 30.9. The van der Waals surface area contributed by atoms with E-state index in [1.807, 2.05) is 6.07 Å². The summed E-state index contributed by atoms with van der Waals surface area (Å²) in [7, 11) is 0. The van der Waals surface area contributed by atoms with E-state index >= 15 is 4.39 Å². The average Bonchev–Trinajstić information content (AvgIpc) is 2.95. The molecule has 2 heterocycles. The van der Waals surface area contributed by atoms with Gasteiger partial charge in [0.15, 0.2) is 11.6 Å². The van der Waals surface area contributed by atoms with Crippen molar-refractivity contribution < 1.29 is 33.0 Å². The number of aromatic nitrogens is 1. The summed E-state index contributed by atoms with van der Waals surface area (Å²) in [5, 5.41) is 7.24. The molecule has 0 aliphatic carbocycles. The summed E-state index contributed by atoms with van der Waals surface area (Å²) in [6, 6.07) is 15.1. The monoisotopic (exact) mass is 591 g/mol. The van der Waals surface area contributed by atoms with Gasteiger partial charge in [0.1, 0.15) is 17.2 Å². The van der Waals surface area contributed by atoms with Crippen LogP contribution in [0.1, 0.15) is 39.2 Å². The number of hydrogen-bond donors (Lipinski definition) is 3. The summed E-state index contributed by atoms with van der Waals surface area (Å²) in [6.45, 7) is 6.19. The number of carbonyl (C=O) groups is 4. The Morgan fingerprint density at radius 1 is 0.977 bits per heavy atom. The van der Waals surface area contributed by atoms with Crippen LogP contribution in [0.4, 0.5) is 25.5 Å². The zero-order valence-electron chi connectivity index (χ0n) is 24.2. The van der Waals surface area contributed by atoms with E-state index in [4.69, 9.17) is 9.47 Å². The third kappa shape index (κ3) is 9.25. The van der Waals surface area contributed by atoms with Crippen molar-refractivity contribution in [2.45, 2.75) is 45.6 Å². The number of pyridine rings is 1. The minimum absolute atomic E-state index is 0.00786. The van der Waals surface area contributed by atoms with Gasteiger partial charge >= 0.3 is 12.1 Å². The molecule has 0 saturated carbocycles. The SMILES string of the molecule is CC(C)(C)OC(=O)N1CCC(C(=O)Nc2cc(Oc3cccc(NC(=O)NC(=O)Cc4ccccc4)c3F)ccn2)CC1. The van der Waals surface area contributed by atoms with Gasteiger partial charge in [-0.25, -0.2) is 19.0 Å². The van der Waals surface area contributed by atoms with Gasteiger partial charge in [-0.15, -0.1) is 0 Å². The number of likely N-dealkylation sites (tertiary alicyclic amines) is 1. The number of amides is 5. The summed E-state index contributed by atoms with van der Waals surface area (Å²) < 4.78 is 26.2. The van der Waals surface area contributed by atoms with Gasteiger partial charge in [-0.3, -0.25) is 14.9 Å². The molecule has 12 heteroatoms. The van der Waals surface area contributed by atoms with Crippen LogP contribution < -0.4 is 20.7 Å². The van der Waals surface area contributed by atoms with E-state index in [-0.39, 0.29) is 41.3 Å². The first-order valence-electron chi connectivity index (χ1n) is 13.8. The van der Waals surface area contributed by atoms with Gasteiger partial charge in [0.25, 0.3) is 0 Å². The van der Waals surface area contributed by atoms with Crippen LogP contribution in [0, 0.1) is 11.7 Å². The molecule has 1 aliphatic rings. The van der Waals surface area contributed by atoms with Crippen LogP contribution in [0.2, 0.25) is 0 Å². The number of imide groups is 1. The molecule has 0 bridgehead atoms. The summed E-state index contributed by atoms with van der Waals surface area (Å²) in [6.07, 6.45) is 1.94. The second-order valence-corrected chi connectivity index (χ2v) is 11.0. The lowest BCUT2D eigenvalue weighted by Gasteiger charge is -2.32.